The normalized spacial score (nSPS) is 17.0. The van der Waals surface area contributed by atoms with Gasteiger partial charge in [0.05, 0.1) is 16.5 Å². The fourth-order valence-electron chi connectivity index (χ4n) is 2.49. The van der Waals surface area contributed by atoms with Gasteiger partial charge in [0.15, 0.2) is 0 Å². The molecule has 24 heavy (non-hydrogen) atoms. The van der Waals surface area contributed by atoms with Gasteiger partial charge in [0.2, 0.25) is 10.0 Å². The van der Waals surface area contributed by atoms with Crippen LogP contribution in [0.25, 0.3) is 0 Å². The molecule has 0 saturated carbocycles. The Kier molecular flexibility index (Phi) is 4.77. The first kappa shape index (κ1) is 17.7. The molecule has 0 unspecified atom stereocenters. The number of amides is 1. The Morgan fingerprint density at radius 1 is 1.25 bits per heavy atom. The molecule has 1 fully saturated rings. The standard InChI is InChI=1S/C14H15N3O6S/c15-9-10-2-1-3-11(8-10)24(22,23)16-14(12(18)19)4-6-17(7-5-14)13(20)21/h1-3,8,16H,4-7H2,(H,18,19)(H,20,21). The number of carbonyl (C=O) groups is 2. The summed E-state index contributed by atoms with van der Waals surface area (Å²) in [5.41, 5.74) is -1.66. The van der Waals surface area contributed by atoms with Gasteiger partial charge in [-0.3, -0.25) is 4.79 Å². The summed E-state index contributed by atoms with van der Waals surface area (Å²) in [6.45, 7) is -0.190. The van der Waals surface area contributed by atoms with Crippen LogP contribution >= 0.6 is 0 Å². The molecule has 1 aromatic carbocycles. The van der Waals surface area contributed by atoms with Crippen LogP contribution in [0.4, 0.5) is 4.79 Å². The highest BCUT2D eigenvalue weighted by atomic mass is 32.2. The Labute approximate surface area is 138 Å². The van der Waals surface area contributed by atoms with Gasteiger partial charge in [-0.1, -0.05) is 6.07 Å². The lowest BCUT2D eigenvalue weighted by Gasteiger charge is -2.37. The molecular formula is C14H15N3O6S. The number of rotatable bonds is 4. The molecule has 9 nitrogen and oxygen atoms in total. The van der Waals surface area contributed by atoms with Crippen LogP contribution in [0.3, 0.4) is 0 Å². The van der Waals surface area contributed by atoms with Gasteiger partial charge in [0.25, 0.3) is 0 Å². The fraction of sp³-hybridized carbons (Fsp3) is 0.357. The highest BCUT2D eigenvalue weighted by Crippen LogP contribution is 2.26. The summed E-state index contributed by atoms with van der Waals surface area (Å²) in [7, 11) is -4.18. The lowest BCUT2D eigenvalue weighted by atomic mass is 9.89. The van der Waals surface area contributed by atoms with Crippen molar-refractivity contribution >= 4 is 22.1 Å². The fourth-order valence-corrected chi connectivity index (χ4v) is 3.95. The molecule has 1 aliphatic rings. The molecule has 1 aliphatic heterocycles. The second kappa shape index (κ2) is 6.46. The number of nitriles is 1. The monoisotopic (exact) mass is 353 g/mol. The van der Waals surface area contributed by atoms with Gasteiger partial charge in [-0.2, -0.15) is 9.98 Å². The number of nitrogens with one attached hydrogen (secondary N) is 1. The highest BCUT2D eigenvalue weighted by Gasteiger charge is 2.45. The highest BCUT2D eigenvalue weighted by molar-refractivity contribution is 7.89. The molecule has 1 aromatic rings. The number of nitrogens with zero attached hydrogens (tertiary/aromatic N) is 2. The zero-order chi connectivity index (χ0) is 18.0. The largest absolute Gasteiger partial charge is 0.480 e. The number of hydrogen-bond acceptors (Lipinski definition) is 5. The van der Waals surface area contributed by atoms with E-state index in [4.69, 9.17) is 10.4 Å². The summed E-state index contributed by atoms with van der Waals surface area (Å²) < 4.78 is 27.1. The summed E-state index contributed by atoms with van der Waals surface area (Å²) in [4.78, 5) is 23.4. The maximum atomic E-state index is 12.5. The number of likely N-dealkylation sites (tertiary alicyclic amines) is 1. The summed E-state index contributed by atoms with van der Waals surface area (Å²) >= 11 is 0. The predicted octanol–water partition coefficient (Wildman–Crippen LogP) is 0.434. The Morgan fingerprint density at radius 2 is 1.88 bits per heavy atom. The van der Waals surface area contributed by atoms with E-state index in [-0.39, 0.29) is 36.4 Å². The third-order valence-electron chi connectivity index (χ3n) is 3.90. The molecule has 3 N–H and O–H groups in total. The van der Waals surface area contributed by atoms with Crippen molar-refractivity contribution in [2.45, 2.75) is 23.3 Å². The van der Waals surface area contributed by atoms with Crippen LogP contribution in [0, 0.1) is 11.3 Å². The van der Waals surface area contributed by atoms with Crippen molar-refractivity contribution < 1.29 is 28.2 Å². The average Bonchev–Trinajstić information content (AvgIpc) is 2.54. The van der Waals surface area contributed by atoms with Crippen LogP contribution in [0.1, 0.15) is 18.4 Å². The van der Waals surface area contributed by atoms with Crippen LogP contribution in [0.5, 0.6) is 0 Å². The maximum absolute atomic E-state index is 12.5. The minimum absolute atomic E-state index is 0.0949. The topological polar surface area (TPSA) is 148 Å². The van der Waals surface area contributed by atoms with Gasteiger partial charge in [-0.25, -0.2) is 13.2 Å². The first-order chi connectivity index (χ1) is 11.2. The van der Waals surface area contributed by atoms with E-state index >= 15 is 0 Å². The Hall–Kier alpha value is -2.64. The number of aliphatic carboxylic acids is 1. The van der Waals surface area contributed by atoms with E-state index in [9.17, 15) is 23.1 Å². The van der Waals surface area contributed by atoms with Gasteiger partial charge >= 0.3 is 12.1 Å². The number of benzene rings is 1. The van der Waals surface area contributed by atoms with Crippen molar-refractivity contribution in [2.75, 3.05) is 13.1 Å². The Bertz CT molecular complexity index is 806. The molecule has 0 bridgehead atoms. The molecule has 1 amide bonds. The SMILES string of the molecule is N#Cc1cccc(S(=O)(=O)NC2(C(=O)O)CCN(C(=O)O)CC2)c1. The number of carboxylic acid groups (broad SMARTS) is 2. The third kappa shape index (κ3) is 3.47. The van der Waals surface area contributed by atoms with Crippen LogP contribution in [0.15, 0.2) is 29.2 Å². The van der Waals surface area contributed by atoms with Crippen molar-refractivity contribution in [3.05, 3.63) is 29.8 Å². The molecule has 1 heterocycles. The molecular weight excluding hydrogens is 338 g/mol. The van der Waals surface area contributed by atoms with Crippen molar-refractivity contribution in [1.82, 2.24) is 9.62 Å². The predicted molar refractivity (Wildman–Crippen MR) is 80.7 cm³/mol. The lowest BCUT2D eigenvalue weighted by Crippen LogP contribution is -2.60. The van der Waals surface area contributed by atoms with Crippen LogP contribution in [0.2, 0.25) is 0 Å². The summed E-state index contributed by atoms with van der Waals surface area (Å²) in [5.74, 6) is -1.37. The van der Waals surface area contributed by atoms with Crippen LogP contribution < -0.4 is 4.72 Å². The van der Waals surface area contributed by atoms with E-state index in [1.54, 1.807) is 0 Å². The molecule has 0 radical (unpaired) electrons. The van der Waals surface area contributed by atoms with Crippen LogP contribution in [-0.4, -0.2) is 54.2 Å². The number of hydrogen-bond donors (Lipinski definition) is 3. The minimum Gasteiger partial charge on any atom is -0.480 e. The third-order valence-corrected chi connectivity index (χ3v) is 5.43. The molecule has 128 valence electrons. The zero-order valence-electron chi connectivity index (χ0n) is 12.5. The molecule has 2 rings (SSSR count). The zero-order valence-corrected chi connectivity index (χ0v) is 13.3. The number of carboxylic acids is 1. The average molecular weight is 353 g/mol. The quantitative estimate of drug-likeness (QED) is 0.711. The van der Waals surface area contributed by atoms with E-state index in [0.717, 1.165) is 11.0 Å². The van der Waals surface area contributed by atoms with Gasteiger partial charge in [0.1, 0.15) is 5.54 Å². The van der Waals surface area contributed by atoms with Gasteiger partial charge in [-0.05, 0) is 31.0 Å². The molecule has 0 spiro atoms. The maximum Gasteiger partial charge on any atom is 0.407 e. The van der Waals surface area contributed by atoms with E-state index in [1.807, 2.05) is 6.07 Å². The van der Waals surface area contributed by atoms with Crippen LogP contribution in [-0.2, 0) is 14.8 Å². The summed E-state index contributed by atoms with van der Waals surface area (Å²) in [6.07, 6.45) is -1.56. The smallest absolute Gasteiger partial charge is 0.407 e. The Balaban J connectivity index is 2.29. The summed E-state index contributed by atoms with van der Waals surface area (Å²) in [6, 6.07) is 7.02. The van der Waals surface area contributed by atoms with Gasteiger partial charge in [0, 0.05) is 13.1 Å². The Morgan fingerprint density at radius 3 is 2.38 bits per heavy atom. The number of sulfonamides is 1. The molecule has 1 saturated heterocycles. The van der Waals surface area contributed by atoms with Crippen molar-refractivity contribution in [1.29, 1.82) is 5.26 Å². The first-order valence-electron chi connectivity index (χ1n) is 6.96. The van der Waals surface area contributed by atoms with E-state index < -0.39 is 27.6 Å². The summed E-state index contributed by atoms with van der Waals surface area (Å²) in [5, 5.41) is 27.3. The van der Waals surface area contributed by atoms with Gasteiger partial charge < -0.3 is 15.1 Å². The minimum atomic E-state index is -4.18. The van der Waals surface area contributed by atoms with E-state index in [0.29, 0.717) is 0 Å². The van der Waals surface area contributed by atoms with Crippen molar-refractivity contribution in [3.8, 4) is 6.07 Å². The second-order valence-corrected chi connectivity index (χ2v) is 7.08. The lowest BCUT2D eigenvalue weighted by molar-refractivity contribution is -0.145. The van der Waals surface area contributed by atoms with Crippen molar-refractivity contribution in [3.63, 3.8) is 0 Å². The molecule has 10 heteroatoms. The number of piperidine rings is 1. The van der Waals surface area contributed by atoms with Gasteiger partial charge in [-0.15, -0.1) is 0 Å². The first-order valence-corrected chi connectivity index (χ1v) is 8.44. The van der Waals surface area contributed by atoms with E-state index in [1.165, 1.54) is 18.2 Å². The molecule has 0 aliphatic carbocycles. The van der Waals surface area contributed by atoms with E-state index in [2.05, 4.69) is 4.72 Å². The molecule has 0 aromatic heterocycles. The molecule has 0 atom stereocenters. The van der Waals surface area contributed by atoms with Crippen molar-refractivity contribution in [2.24, 2.45) is 0 Å². The second-order valence-electron chi connectivity index (χ2n) is 5.40.